The molecule has 1 aromatic carbocycles. The molecule has 2 N–H and O–H groups in total. The molecular formula is C24H32Cl2N4O3. The molecule has 0 aliphatic carbocycles. The van der Waals surface area contributed by atoms with Crippen LogP contribution in [0.15, 0.2) is 18.2 Å². The first kappa shape index (κ1) is 25.5. The van der Waals surface area contributed by atoms with Crippen molar-refractivity contribution in [3.63, 3.8) is 0 Å². The monoisotopic (exact) mass is 494 g/mol. The number of halogens is 2. The minimum Gasteiger partial charge on any atom is -0.465 e. The topological polar surface area (TPSA) is 87.6 Å². The number of rotatable bonds is 8. The van der Waals surface area contributed by atoms with Crippen LogP contribution in [-0.4, -0.2) is 57.4 Å². The summed E-state index contributed by atoms with van der Waals surface area (Å²) >= 11 is 12.6. The molecule has 1 aliphatic rings. The molecule has 1 saturated heterocycles. The number of likely N-dealkylation sites (tertiary alicyclic amines) is 1. The molecule has 0 saturated carbocycles. The van der Waals surface area contributed by atoms with Crippen LogP contribution in [0.5, 0.6) is 0 Å². The number of nitrogens with one attached hydrogen (secondary N) is 1. The molecule has 0 radical (unpaired) electrons. The summed E-state index contributed by atoms with van der Waals surface area (Å²) in [5.41, 5.74) is 3.12. The predicted octanol–water partition coefficient (Wildman–Crippen LogP) is 5.78. The van der Waals surface area contributed by atoms with Crippen molar-refractivity contribution in [3.8, 4) is 11.3 Å². The van der Waals surface area contributed by atoms with Crippen molar-refractivity contribution in [3.05, 3.63) is 39.6 Å². The standard InChI is InChI=1S/C24H32Cl2N4O3/c1-6-17-20(15-10-9-14(25)11-16(15)26)27-18(7-2)23(28-17)29-21-19(33-8-3)12-30(24(31)32)22(21)13(4)5/h9-11,13,19,21-22H,6-8,12H2,1-5H3,(H,28,29)(H,31,32). The van der Waals surface area contributed by atoms with Crippen LogP contribution in [0.2, 0.25) is 10.0 Å². The first-order valence-corrected chi connectivity index (χ1v) is 12.2. The summed E-state index contributed by atoms with van der Waals surface area (Å²) in [7, 11) is 0. The van der Waals surface area contributed by atoms with E-state index in [9.17, 15) is 9.90 Å². The van der Waals surface area contributed by atoms with Crippen molar-refractivity contribution >= 4 is 35.1 Å². The minimum atomic E-state index is -0.938. The third kappa shape index (κ3) is 5.36. The van der Waals surface area contributed by atoms with E-state index in [-0.39, 0.29) is 24.1 Å². The molecule has 0 bridgehead atoms. The SMILES string of the molecule is CCOC1CN(C(=O)O)C(C(C)C)C1Nc1nc(CC)c(-c2ccc(Cl)cc2Cl)nc1CC. The number of carbonyl (C=O) groups is 1. The highest BCUT2D eigenvalue weighted by atomic mass is 35.5. The molecule has 1 amide bonds. The van der Waals surface area contributed by atoms with E-state index in [1.807, 2.05) is 40.7 Å². The van der Waals surface area contributed by atoms with Gasteiger partial charge in [0.1, 0.15) is 5.82 Å². The van der Waals surface area contributed by atoms with Gasteiger partial charge in [0.25, 0.3) is 0 Å². The third-order valence-electron chi connectivity index (χ3n) is 6.01. The van der Waals surface area contributed by atoms with E-state index in [4.69, 9.17) is 37.9 Å². The molecule has 2 aromatic rings. The molecule has 3 rings (SSSR count). The lowest BCUT2D eigenvalue weighted by molar-refractivity contribution is 0.0626. The van der Waals surface area contributed by atoms with Crippen LogP contribution < -0.4 is 5.32 Å². The molecule has 9 heteroatoms. The van der Waals surface area contributed by atoms with Gasteiger partial charge in [0.15, 0.2) is 0 Å². The molecule has 33 heavy (non-hydrogen) atoms. The van der Waals surface area contributed by atoms with Crippen molar-refractivity contribution in [1.82, 2.24) is 14.9 Å². The fourth-order valence-corrected chi connectivity index (χ4v) is 5.04. The van der Waals surface area contributed by atoms with Gasteiger partial charge in [0, 0.05) is 17.2 Å². The van der Waals surface area contributed by atoms with Gasteiger partial charge in [-0.1, -0.05) is 50.9 Å². The number of nitrogens with zero attached hydrogens (tertiary/aromatic N) is 3. The van der Waals surface area contributed by atoms with E-state index < -0.39 is 6.09 Å². The van der Waals surface area contributed by atoms with E-state index in [2.05, 4.69) is 5.32 Å². The largest absolute Gasteiger partial charge is 0.465 e. The Labute approximate surface area is 205 Å². The maximum absolute atomic E-state index is 11.9. The zero-order chi connectivity index (χ0) is 24.3. The van der Waals surface area contributed by atoms with Crippen LogP contribution >= 0.6 is 23.2 Å². The number of benzene rings is 1. The molecule has 2 heterocycles. The van der Waals surface area contributed by atoms with Gasteiger partial charge in [-0.15, -0.1) is 0 Å². The Bertz CT molecular complexity index is 1000. The molecule has 7 nitrogen and oxygen atoms in total. The Morgan fingerprint density at radius 3 is 2.45 bits per heavy atom. The van der Waals surface area contributed by atoms with E-state index >= 15 is 0 Å². The van der Waals surface area contributed by atoms with Crippen molar-refractivity contribution in [2.45, 2.75) is 65.6 Å². The molecular weight excluding hydrogens is 463 g/mol. The summed E-state index contributed by atoms with van der Waals surface area (Å²) in [5, 5.41) is 14.4. The number of ether oxygens (including phenoxy) is 1. The normalized spacial score (nSPS) is 20.5. The number of anilines is 1. The average Bonchev–Trinajstić information content (AvgIpc) is 3.12. The van der Waals surface area contributed by atoms with E-state index in [0.29, 0.717) is 41.9 Å². The maximum Gasteiger partial charge on any atom is 0.407 e. The van der Waals surface area contributed by atoms with E-state index in [1.54, 1.807) is 12.1 Å². The first-order chi connectivity index (χ1) is 15.7. The summed E-state index contributed by atoms with van der Waals surface area (Å²) in [6.07, 6.45) is 0.0966. The second kappa shape index (κ2) is 10.9. The fourth-order valence-electron chi connectivity index (χ4n) is 4.54. The smallest absolute Gasteiger partial charge is 0.407 e. The molecule has 0 spiro atoms. The number of aromatic nitrogens is 2. The first-order valence-electron chi connectivity index (χ1n) is 11.4. The molecule has 1 aliphatic heterocycles. The number of carboxylic acid groups (broad SMARTS) is 1. The lowest BCUT2D eigenvalue weighted by Crippen LogP contribution is -2.46. The molecule has 180 valence electrons. The van der Waals surface area contributed by atoms with Crippen molar-refractivity contribution < 1.29 is 14.6 Å². The second-order valence-corrected chi connectivity index (χ2v) is 9.32. The van der Waals surface area contributed by atoms with Gasteiger partial charge < -0.3 is 20.1 Å². The zero-order valence-electron chi connectivity index (χ0n) is 19.7. The predicted molar refractivity (Wildman–Crippen MR) is 132 cm³/mol. The Morgan fingerprint density at radius 2 is 1.91 bits per heavy atom. The Balaban J connectivity index is 2.05. The summed E-state index contributed by atoms with van der Waals surface area (Å²) in [5.74, 6) is 0.760. The van der Waals surface area contributed by atoms with Crippen LogP contribution in [0, 0.1) is 5.92 Å². The van der Waals surface area contributed by atoms with Gasteiger partial charge in [0.2, 0.25) is 0 Å². The Kier molecular flexibility index (Phi) is 8.43. The maximum atomic E-state index is 11.9. The van der Waals surface area contributed by atoms with Gasteiger partial charge >= 0.3 is 6.09 Å². The Hall–Kier alpha value is -2.09. The number of aryl methyl sites for hydroxylation is 2. The van der Waals surface area contributed by atoms with Gasteiger partial charge in [-0.25, -0.2) is 14.8 Å². The second-order valence-electron chi connectivity index (χ2n) is 8.48. The molecule has 3 unspecified atom stereocenters. The minimum absolute atomic E-state index is 0.0971. The van der Waals surface area contributed by atoms with Gasteiger partial charge in [-0.2, -0.15) is 0 Å². The van der Waals surface area contributed by atoms with Crippen LogP contribution in [-0.2, 0) is 17.6 Å². The number of hydrogen-bond acceptors (Lipinski definition) is 5. The molecule has 3 atom stereocenters. The van der Waals surface area contributed by atoms with Crippen LogP contribution in [0.1, 0.15) is 46.0 Å². The van der Waals surface area contributed by atoms with Gasteiger partial charge in [0.05, 0.1) is 46.8 Å². The van der Waals surface area contributed by atoms with Crippen molar-refractivity contribution in [1.29, 1.82) is 0 Å². The van der Waals surface area contributed by atoms with Crippen LogP contribution in [0.25, 0.3) is 11.3 Å². The van der Waals surface area contributed by atoms with Crippen molar-refractivity contribution in [2.24, 2.45) is 5.92 Å². The highest BCUT2D eigenvalue weighted by Gasteiger charge is 2.46. The van der Waals surface area contributed by atoms with Gasteiger partial charge in [-0.3, -0.25) is 0 Å². The lowest BCUT2D eigenvalue weighted by Gasteiger charge is -2.31. The molecule has 1 fully saturated rings. The number of amides is 1. The summed E-state index contributed by atoms with van der Waals surface area (Å²) in [6.45, 7) is 10.8. The Morgan fingerprint density at radius 1 is 1.21 bits per heavy atom. The van der Waals surface area contributed by atoms with Gasteiger partial charge in [-0.05, 0) is 43.9 Å². The highest BCUT2D eigenvalue weighted by molar-refractivity contribution is 6.36. The quantitative estimate of drug-likeness (QED) is 0.483. The van der Waals surface area contributed by atoms with Crippen LogP contribution in [0.3, 0.4) is 0 Å². The fraction of sp³-hybridized carbons (Fsp3) is 0.542. The highest BCUT2D eigenvalue weighted by Crippen LogP contribution is 2.34. The summed E-state index contributed by atoms with van der Waals surface area (Å²) in [4.78, 5) is 23.3. The lowest BCUT2D eigenvalue weighted by atomic mass is 9.96. The van der Waals surface area contributed by atoms with Crippen molar-refractivity contribution in [2.75, 3.05) is 18.5 Å². The number of hydrogen-bond donors (Lipinski definition) is 2. The van der Waals surface area contributed by atoms with E-state index in [1.165, 1.54) is 4.90 Å². The average molecular weight is 495 g/mol. The van der Waals surface area contributed by atoms with E-state index in [0.717, 1.165) is 22.6 Å². The third-order valence-corrected chi connectivity index (χ3v) is 6.56. The zero-order valence-corrected chi connectivity index (χ0v) is 21.2. The molecule has 1 aromatic heterocycles. The summed E-state index contributed by atoms with van der Waals surface area (Å²) in [6, 6.07) is 4.87. The van der Waals surface area contributed by atoms with Crippen LogP contribution in [0.4, 0.5) is 10.6 Å². The summed E-state index contributed by atoms with van der Waals surface area (Å²) < 4.78 is 5.95.